The van der Waals surface area contributed by atoms with Crippen LogP contribution in [0.15, 0.2) is 41.6 Å². The van der Waals surface area contributed by atoms with Gasteiger partial charge in [0, 0.05) is 17.9 Å². The number of anilines is 2. The van der Waals surface area contributed by atoms with Crippen LogP contribution >= 0.6 is 0 Å². The normalized spacial score (nSPS) is 22.7. The van der Waals surface area contributed by atoms with E-state index >= 15 is 0 Å². The molecule has 1 aromatic rings. The van der Waals surface area contributed by atoms with E-state index in [0.29, 0.717) is 18.4 Å². The zero-order valence-electron chi connectivity index (χ0n) is 16.2. The Bertz CT molecular complexity index is 937. The zero-order chi connectivity index (χ0) is 20.5. The summed E-state index contributed by atoms with van der Waals surface area (Å²) in [7, 11) is 0. The Labute approximate surface area is 168 Å². The monoisotopic (exact) mass is 396 g/mol. The standard InChI is InChI=1S/C21H24N4O4/c1-2-3-12-4-7-16-18(20(27)25(16)19(12)21(28)29)24-17(26)11-23-14-5-6-15-13(10-14)8-9-22-15/h2-3,5-6,10,16,18,22-23H,4,7-9,11H2,1H3,(H,24,26)(H,28,29)/t16-,18+/m1/s1. The van der Waals surface area contributed by atoms with E-state index in [1.807, 2.05) is 25.1 Å². The predicted molar refractivity (Wildman–Crippen MR) is 108 cm³/mol. The molecule has 0 bridgehead atoms. The Morgan fingerprint density at radius 2 is 2.17 bits per heavy atom. The van der Waals surface area contributed by atoms with Crippen LogP contribution in [-0.2, 0) is 20.8 Å². The maximum atomic E-state index is 12.6. The molecule has 0 radical (unpaired) electrons. The first-order chi connectivity index (χ1) is 14.0. The van der Waals surface area contributed by atoms with Gasteiger partial charge in [0.1, 0.15) is 11.7 Å². The summed E-state index contributed by atoms with van der Waals surface area (Å²) in [5, 5.41) is 18.7. The van der Waals surface area contributed by atoms with E-state index in [-0.39, 0.29) is 30.1 Å². The Hall–Kier alpha value is -3.29. The molecule has 1 aromatic carbocycles. The number of carboxylic acids is 1. The van der Waals surface area contributed by atoms with Crippen LogP contribution in [0.4, 0.5) is 11.4 Å². The van der Waals surface area contributed by atoms with Gasteiger partial charge < -0.3 is 21.1 Å². The van der Waals surface area contributed by atoms with Crippen molar-refractivity contribution in [3.63, 3.8) is 0 Å². The number of carboxylic acid groups (broad SMARTS) is 1. The van der Waals surface area contributed by atoms with E-state index in [4.69, 9.17) is 0 Å². The number of rotatable bonds is 6. The van der Waals surface area contributed by atoms with Gasteiger partial charge >= 0.3 is 5.97 Å². The van der Waals surface area contributed by atoms with Crippen molar-refractivity contribution in [1.29, 1.82) is 0 Å². The summed E-state index contributed by atoms with van der Waals surface area (Å²) in [4.78, 5) is 37.9. The molecule has 3 aliphatic heterocycles. The Morgan fingerprint density at radius 1 is 1.34 bits per heavy atom. The largest absolute Gasteiger partial charge is 0.477 e. The Kier molecular flexibility index (Phi) is 5.00. The molecule has 29 heavy (non-hydrogen) atoms. The fraction of sp³-hybridized carbons (Fsp3) is 0.381. The van der Waals surface area contributed by atoms with Crippen molar-refractivity contribution in [1.82, 2.24) is 10.2 Å². The number of allylic oxidation sites excluding steroid dienone is 3. The van der Waals surface area contributed by atoms with Crippen LogP contribution < -0.4 is 16.0 Å². The molecule has 4 N–H and O–H groups in total. The molecule has 8 nitrogen and oxygen atoms in total. The minimum Gasteiger partial charge on any atom is -0.477 e. The number of benzene rings is 1. The number of aliphatic carboxylic acids is 1. The van der Waals surface area contributed by atoms with Crippen LogP contribution in [0.2, 0.25) is 0 Å². The number of hydrogen-bond donors (Lipinski definition) is 4. The number of carbonyl (C=O) groups excluding carboxylic acids is 2. The third kappa shape index (κ3) is 3.46. The number of fused-ring (bicyclic) bond motifs is 2. The third-order valence-electron chi connectivity index (χ3n) is 5.63. The van der Waals surface area contributed by atoms with E-state index < -0.39 is 12.0 Å². The molecule has 4 rings (SSSR count). The summed E-state index contributed by atoms with van der Waals surface area (Å²) in [6.45, 7) is 2.78. The first-order valence-electron chi connectivity index (χ1n) is 9.82. The van der Waals surface area contributed by atoms with E-state index in [1.165, 1.54) is 10.5 Å². The van der Waals surface area contributed by atoms with Crippen LogP contribution in [-0.4, -0.2) is 53.0 Å². The first kappa shape index (κ1) is 19.0. The molecule has 0 saturated carbocycles. The van der Waals surface area contributed by atoms with Gasteiger partial charge in [0.25, 0.3) is 5.91 Å². The lowest BCUT2D eigenvalue weighted by molar-refractivity contribution is -0.155. The van der Waals surface area contributed by atoms with Gasteiger partial charge in [-0.25, -0.2) is 4.79 Å². The number of amides is 2. The molecule has 3 aliphatic rings. The second kappa shape index (κ2) is 7.62. The second-order valence-corrected chi connectivity index (χ2v) is 7.44. The maximum Gasteiger partial charge on any atom is 0.352 e. The van der Waals surface area contributed by atoms with Gasteiger partial charge in [-0.1, -0.05) is 12.2 Å². The van der Waals surface area contributed by atoms with Gasteiger partial charge in [0.15, 0.2) is 0 Å². The van der Waals surface area contributed by atoms with Crippen LogP contribution in [0.25, 0.3) is 0 Å². The molecule has 0 aromatic heterocycles. The van der Waals surface area contributed by atoms with Gasteiger partial charge in [-0.3, -0.25) is 14.5 Å². The fourth-order valence-electron chi connectivity index (χ4n) is 4.28. The van der Waals surface area contributed by atoms with Crippen molar-refractivity contribution < 1.29 is 19.5 Å². The highest BCUT2D eigenvalue weighted by molar-refractivity contribution is 6.02. The Balaban J connectivity index is 1.37. The lowest BCUT2D eigenvalue weighted by atomic mass is 9.83. The molecule has 0 spiro atoms. The summed E-state index contributed by atoms with van der Waals surface area (Å²) in [6, 6.07) is 4.94. The van der Waals surface area contributed by atoms with Crippen molar-refractivity contribution >= 4 is 29.2 Å². The van der Waals surface area contributed by atoms with Crippen molar-refractivity contribution in [2.24, 2.45) is 0 Å². The lowest BCUT2D eigenvalue weighted by Crippen LogP contribution is -2.71. The molecule has 3 heterocycles. The molecule has 1 fully saturated rings. The Morgan fingerprint density at radius 3 is 2.93 bits per heavy atom. The number of hydrogen-bond acceptors (Lipinski definition) is 5. The molecular weight excluding hydrogens is 372 g/mol. The SMILES string of the molecule is CC=CC1=C(C(=O)O)N2C(=O)[C@@H](NC(=O)CNc3ccc4c(c3)CCN4)[C@H]2CC1. The molecule has 1 saturated heterocycles. The van der Waals surface area contributed by atoms with E-state index in [2.05, 4.69) is 16.0 Å². The molecule has 152 valence electrons. The van der Waals surface area contributed by atoms with Crippen molar-refractivity contribution in [3.05, 3.63) is 47.2 Å². The van der Waals surface area contributed by atoms with Crippen LogP contribution in [0.3, 0.4) is 0 Å². The highest BCUT2D eigenvalue weighted by Crippen LogP contribution is 2.37. The first-order valence-corrected chi connectivity index (χ1v) is 9.82. The van der Waals surface area contributed by atoms with Gasteiger partial charge in [-0.2, -0.15) is 0 Å². The van der Waals surface area contributed by atoms with Crippen LogP contribution in [0, 0.1) is 0 Å². The maximum absolute atomic E-state index is 12.6. The molecule has 0 aliphatic carbocycles. The summed E-state index contributed by atoms with van der Waals surface area (Å²) in [5.41, 5.74) is 3.86. The molecule has 2 amide bonds. The van der Waals surface area contributed by atoms with E-state index in [9.17, 15) is 19.5 Å². The van der Waals surface area contributed by atoms with E-state index in [0.717, 1.165) is 24.3 Å². The van der Waals surface area contributed by atoms with Crippen LogP contribution in [0.1, 0.15) is 25.3 Å². The molecule has 2 atom stereocenters. The lowest BCUT2D eigenvalue weighted by Gasteiger charge is -2.50. The van der Waals surface area contributed by atoms with Crippen molar-refractivity contribution in [2.75, 3.05) is 23.7 Å². The summed E-state index contributed by atoms with van der Waals surface area (Å²) in [6.07, 6.45) is 5.64. The molecular formula is C21H24N4O4. The van der Waals surface area contributed by atoms with Crippen LogP contribution in [0.5, 0.6) is 0 Å². The number of β-lactam (4-membered cyclic amide) rings is 1. The van der Waals surface area contributed by atoms with Crippen molar-refractivity contribution in [2.45, 2.75) is 38.3 Å². The summed E-state index contributed by atoms with van der Waals surface area (Å²) in [5.74, 6) is -1.78. The van der Waals surface area contributed by atoms with E-state index in [1.54, 1.807) is 12.2 Å². The summed E-state index contributed by atoms with van der Waals surface area (Å²) < 4.78 is 0. The third-order valence-corrected chi connectivity index (χ3v) is 5.63. The number of nitrogens with zero attached hydrogens (tertiary/aromatic N) is 1. The average molecular weight is 396 g/mol. The van der Waals surface area contributed by atoms with Gasteiger partial charge in [-0.05, 0) is 55.5 Å². The second-order valence-electron chi connectivity index (χ2n) is 7.44. The highest BCUT2D eigenvalue weighted by atomic mass is 16.4. The van der Waals surface area contributed by atoms with Gasteiger partial charge in [0.05, 0.1) is 12.6 Å². The smallest absolute Gasteiger partial charge is 0.352 e. The molecule has 8 heteroatoms. The molecule has 0 unspecified atom stereocenters. The minimum absolute atomic E-state index is 0.0275. The average Bonchev–Trinajstić information content (AvgIpc) is 3.18. The number of nitrogens with one attached hydrogen (secondary N) is 3. The summed E-state index contributed by atoms with van der Waals surface area (Å²) >= 11 is 0. The number of carbonyl (C=O) groups is 3. The van der Waals surface area contributed by atoms with Crippen molar-refractivity contribution in [3.8, 4) is 0 Å². The van der Waals surface area contributed by atoms with Gasteiger partial charge in [-0.15, -0.1) is 0 Å². The zero-order valence-corrected chi connectivity index (χ0v) is 16.2. The quantitative estimate of drug-likeness (QED) is 0.542. The van der Waals surface area contributed by atoms with Gasteiger partial charge in [0.2, 0.25) is 5.91 Å². The highest BCUT2D eigenvalue weighted by Gasteiger charge is 2.53. The fourth-order valence-corrected chi connectivity index (χ4v) is 4.28. The minimum atomic E-state index is -1.12. The topological polar surface area (TPSA) is 111 Å². The predicted octanol–water partition coefficient (Wildman–Crippen LogP) is 1.47.